The van der Waals surface area contributed by atoms with Gasteiger partial charge in [-0.2, -0.15) is 5.26 Å². The standard InChI is InChI=1S/C14H19NS/c1-11-5-6-13(12(2)9-11)16-8-7-14(3,4)10-15/h5-6,9H,7-8H2,1-4H3. The molecular weight excluding hydrogens is 214 g/mol. The van der Waals surface area contributed by atoms with Gasteiger partial charge in [-0.15, -0.1) is 11.8 Å². The van der Waals surface area contributed by atoms with Crippen molar-refractivity contribution < 1.29 is 0 Å². The Morgan fingerprint density at radius 1 is 1.31 bits per heavy atom. The molecule has 0 fully saturated rings. The van der Waals surface area contributed by atoms with Crippen LogP contribution in [0.1, 0.15) is 31.4 Å². The van der Waals surface area contributed by atoms with Gasteiger partial charge in [0.2, 0.25) is 0 Å². The first-order valence-electron chi connectivity index (χ1n) is 5.56. The van der Waals surface area contributed by atoms with Crippen LogP contribution in [0.2, 0.25) is 0 Å². The van der Waals surface area contributed by atoms with Crippen LogP contribution in [-0.4, -0.2) is 5.75 Å². The van der Waals surface area contributed by atoms with E-state index in [1.165, 1.54) is 16.0 Å². The van der Waals surface area contributed by atoms with Crippen molar-refractivity contribution in [3.05, 3.63) is 29.3 Å². The molecule has 0 aromatic heterocycles. The molecule has 0 aliphatic heterocycles. The minimum Gasteiger partial charge on any atom is -0.198 e. The highest BCUT2D eigenvalue weighted by Crippen LogP contribution is 2.28. The lowest BCUT2D eigenvalue weighted by Crippen LogP contribution is -2.08. The van der Waals surface area contributed by atoms with E-state index < -0.39 is 0 Å². The van der Waals surface area contributed by atoms with Crippen LogP contribution < -0.4 is 0 Å². The van der Waals surface area contributed by atoms with Crippen LogP contribution >= 0.6 is 11.8 Å². The number of hydrogen-bond acceptors (Lipinski definition) is 2. The molecule has 2 heteroatoms. The highest BCUT2D eigenvalue weighted by atomic mass is 32.2. The maximum atomic E-state index is 8.92. The maximum Gasteiger partial charge on any atom is 0.0684 e. The van der Waals surface area contributed by atoms with E-state index in [1.807, 2.05) is 25.6 Å². The third-order valence-corrected chi connectivity index (χ3v) is 3.80. The average molecular weight is 233 g/mol. The lowest BCUT2D eigenvalue weighted by Gasteiger charge is -2.14. The quantitative estimate of drug-likeness (QED) is 0.722. The minimum absolute atomic E-state index is 0.203. The fourth-order valence-corrected chi connectivity index (χ4v) is 2.72. The predicted octanol–water partition coefficient (Wildman–Crippen LogP) is 4.34. The lowest BCUT2D eigenvalue weighted by atomic mass is 9.93. The van der Waals surface area contributed by atoms with Gasteiger partial charge in [0, 0.05) is 4.90 Å². The van der Waals surface area contributed by atoms with Gasteiger partial charge in [0.25, 0.3) is 0 Å². The van der Waals surface area contributed by atoms with Gasteiger partial charge >= 0.3 is 0 Å². The number of nitrogens with zero attached hydrogens (tertiary/aromatic N) is 1. The first kappa shape index (κ1) is 13.1. The number of nitriles is 1. The largest absolute Gasteiger partial charge is 0.198 e. The van der Waals surface area contributed by atoms with Gasteiger partial charge in [-0.05, 0) is 51.5 Å². The van der Waals surface area contributed by atoms with Gasteiger partial charge in [0.15, 0.2) is 0 Å². The molecule has 0 amide bonds. The summed E-state index contributed by atoms with van der Waals surface area (Å²) in [6.45, 7) is 8.25. The molecule has 0 heterocycles. The summed E-state index contributed by atoms with van der Waals surface area (Å²) in [6, 6.07) is 8.86. The molecule has 1 rings (SSSR count). The fourth-order valence-electron chi connectivity index (χ4n) is 1.43. The molecule has 0 unspecified atom stereocenters. The zero-order valence-corrected chi connectivity index (χ0v) is 11.3. The summed E-state index contributed by atoms with van der Waals surface area (Å²) in [4.78, 5) is 1.33. The molecule has 0 N–H and O–H groups in total. The van der Waals surface area contributed by atoms with Gasteiger partial charge in [-0.3, -0.25) is 0 Å². The van der Waals surface area contributed by atoms with Gasteiger partial charge < -0.3 is 0 Å². The van der Waals surface area contributed by atoms with E-state index >= 15 is 0 Å². The van der Waals surface area contributed by atoms with Gasteiger partial charge in [0.1, 0.15) is 0 Å². The van der Waals surface area contributed by atoms with Crippen LogP contribution in [0, 0.1) is 30.6 Å². The van der Waals surface area contributed by atoms with Crippen molar-refractivity contribution in [1.82, 2.24) is 0 Å². The van der Waals surface area contributed by atoms with Crippen molar-refractivity contribution in [1.29, 1.82) is 5.26 Å². The van der Waals surface area contributed by atoms with E-state index in [0.29, 0.717) is 0 Å². The summed E-state index contributed by atoms with van der Waals surface area (Å²) in [5, 5.41) is 8.92. The van der Waals surface area contributed by atoms with Crippen LogP contribution in [0.4, 0.5) is 0 Å². The first-order valence-corrected chi connectivity index (χ1v) is 6.54. The van der Waals surface area contributed by atoms with E-state index in [9.17, 15) is 0 Å². The van der Waals surface area contributed by atoms with Crippen molar-refractivity contribution in [3.63, 3.8) is 0 Å². The molecule has 0 aliphatic rings. The number of thioether (sulfide) groups is 1. The Balaban J connectivity index is 2.53. The molecule has 0 bridgehead atoms. The van der Waals surface area contributed by atoms with Crippen LogP contribution in [-0.2, 0) is 0 Å². The van der Waals surface area contributed by atoms with Crippen molar-refractivity contribution in [2.45, 2.75) is 39.0 Å². The first-order chi connectivity index (χ1) is 7.44. The lowest BCUT2D eigenvalue weighted by molar-refractivity contribution is 0.482. The zero-order chi connectivity index (χ0) is 12.2. The van der Waals surface area contributed by atoms with Gasteiger partial charge in [0.05, 0.1) is 11.5 Å². The molecule has 0 radical (unpaired) electrons. The second-order valence-electron chi connectivity index (χ2n) is 4.86. The Morgan fingerprint density at radius 3 is 2.56 bits per heavy atom. The van der Waals surface area contributed by atoms with Crippen molar-refractivity contribution >= 4 is 11.8 Å². The molecule has 0 aliphatic carbocycles. The van der Waals surface area contributed by atoms with Crippen LogP contribution in [0.5, 0.6) is 0 Å². The molecule has 16 heavy (non-hydrogen) atoms. The summed E-state index contributed by atoms with van der Waals surface area (Å²) >= 11 is 1.85. The molecule has 1 aromatic rings. The molecule has 1 nitrogen and oxygen atoms in total. The number of aryl methyl sites for hydroxylation is 2. The Bertz CT molecular complexity index is 402. The molecule has 0 atom stereocenters. The van der Waals surface area contributed by atoms with Crippen molar-refractivity contribution in [3.8, 4) is 6.07 Å². The van der Waals surface area contributed by atoms with E-state index in [0.717, 1.165) is 12.2 Å². The molecule has 0 saturated heterocycles. The second kappa shape index (κ2) is 5.41. The molecule has 0 saturated carbocycles. The van der Waals surface area contributed by atoms with Crippen LogP contribution in [0.25, 0.3) is 0 Å². The zero-order valence-electron chi connectivity index (χ0n) is 10.5. The van der Waals surface area contributed by atoms with Crippen LogP contribution in [0.15, 0.2) is 23.1 Å². The summed E-state index contributed by atoms with van der Waals surface area (Å²) in [6.07, 6.45) is 0.932. The van der Waals surface area contributed by atoms with E-state index in [2.05, 4.69) is 38.1 Å². The third kappa shape index (κ3) is 3.90. The Labute approximate surface area is 103 Å². The average Bonchev–Trinajstić information content (AvgIpc) is 2.21. The SMILES string of the molecule is Cc1ccc(SCCC(C)(C)C#N)c(C)c1. The summed E-state index contributed by atoms with van der Waals surface area (Å²) in [7, 11) is 0. The summed E-state index contributed by atoms with van der Waals surface area (Å²) in [5.41, 5.74) is 2.44. The van der Waals surface area contributed by atoms with Crippen molar-refractivity contribution in [2.24, 2.45) is 5.41 Å². The third-order valence-electron chi connectivity index (χ3n) is 2.62. The minimum atomic E-state index is -0.203. The van der Waals surface area contributed by atoms with Gasteiger partial charge in [-0.1, -0.05) is 17.7 Å². The predicted molar refractivity (Wildman–Crippen MR) is 70.7 cm³/mol. The highest BCUT2D eigenvalue weighted by molar-refractivity contribution is 7.99. The molecular formula is C14H19NS. The topological polar surface area (TPSA) is 23.8 Å². The Kier molecular flexibility index (Phi) is 4.44. The summed E-state index contributed by atoms with van der Waals surface area (Å²) in [5.74, 6) is 1.00. The number of benzene rings is 1. The fraction of sp³-hybridized carbons (Fsp3) is 0.500. The molecule has 0 spiro atoms. The number of hydrogen-bond donors (Lipinski definition) is 0. The number of rotatable bonds is 4. The Hall–Kier alpha value is -0.940. The van der Waals surface area contributed by atoms with E-state index in [-0.39, 0.29) is 5.41 Å². The second-order valence-corrected chi connectivity index (χ2v) is 6.00. The molecule has 1 aromatic carbocycles. The van der Waals surface area contributed by atoms with Crippen LogP contribution in [0.3, 0.4) is 0 Å². The smallest absolute Gasteiger partial charge is 0.0684 e. The maximum absolute atomic E-state index is 8.92. The van der Waals surface area contributed by atoms with Crippen molar-refractivity contribution in [2.75, 3.05) is 5.75 Å². The normalized spacial score (nSPS) is 11.2. The highest BCUT2D eigenvalue weighted by Gasteiger charge is 2.16. The monoisotopic (exact) mass is 233 g/mol. The molecule has 86 valence electrons. The van der Waals surface area contributed by atoms with E-state index in [1.54, 1.807) is 0 Å². The Morgan fingerprint density at radius 2 is 2.00 bits per heavy atom. The van der Waals surface area contributed by atoms with E-state index in [4.69, 9.17) is 5.26 Å². The van der Waals surface area contributed by atoms with Gasteiger partial charge in [-0.25, -0.2) is 0 Å². The summed E-state index contributed by atoms with van der Waals surface area (Å²) < 4.78 is 0.